The van der Waals surface area contributed by atoms with E-state index in [2.05, 4.69) is 15.3 Å². The van der Waals surface area contributed by atoms with Crippen molar-refractivity contribution in [2.75, 3.05) is 0 Å². The molecule has 5 heteroatoms. The van der Waals surface area contributed by atoms with E-state index in [0.29, 0.717) is 17.3 Å². The largest absolute Gasteiger partial charge is 0.308 e. The summed E-state index contributed by atoms with van der Waals surface area (Å²) in [5.41, 5.74) is 0.782. The Morgan fingerprint density at radius 3 is 3.19 bits per heavy atom. The van der Waals surface area contributed by atoms with Crippen LogP contribution < -0.4 is 10.9 Å². The standard InChI is InChI=1S/C11H13N3OS/c15-11-10-8(4-5-16-10)13-9(14-11)6-12-7-2-1-3-7/h4-5,7,12H,1-3,6H2,(H,13,14,15). The summed E-state index contributed by atoms with van der Waals surface area (Å²) in [6, 6.07) is 2.51. The zero-order valence-electron chi connectivity index (χ0n) is 8.82. The molecule has 1 aliphatic carbocycles. The van der Waals surface area contributed by atoms with Crippen molar-refractivity contribution in [3.05, 3.63) is 27.6 Å². The molecule has 0 bridgehead atoms. The minimum atomic E-state index is -0.0228. The topological polar surface area (TPSA) is 57.8 Å². The van der Waals surface area contributed by atoms with Gasteiger partial charge < -0.3 is 10.3 Å². The van der Waals surface area contributed by atoms with Crippen LogP contribution in [0, 0.1) is 0 Å². The Labute approximate surface area is 96.7 Å². The van der Waals surface area contributed by atoms with E-state index in [1.54, 1.807) is 0 Å². The van der Waals surface area contributed by atoms with Crippen LogP contribution in [0.15, 0.2) is 16.2 Å². The fourth-order valence-corrected chi connectivity index (χ4v) is 2.58. The fraction of sp³-hybridized carbons (Fsp3) is 0.455. The molecule has 2 aromatic heterocycles. The van der Waals surface area contributed by atoms with Crippen molar-refractivity contribution in [2.24, 2.45) is 0 Å². The summed E-state index contributed by atoms with van der Waals surface area (Å²) in [6.45, 7) is 0.658. The van der Waals surface area contributed by atoms with E-state index in [1.807, 2.05) is 11.4 Å². The number of aromatic nitrogens is 2. The smallest absolute Gasteiger partial charge is 0.268 e. The molecular formula is C11H13N3OS. The molecule has 16 heavy (non-hydrogen) atoms. The first-order chi connectivity index (χ1) is 7.83. The monoisotopic (exact) mass is 235 g/mol. The number of nitrogens with zero attached hydrogens (tertiary/aromatic N) is 1. The second kappa shape index (κ2) is 3.99. The van der Waals surface area contributed by atoms with Gasteiger partial charge in [0, 0.05) is 6.04 Å². The molecule has 1 saturated carbocycles. The molecule has 4 nitrogen and oxygen atoms in total. The van der Waals surface area contributed by atoms with E-state index in [-0.39, 0.29) is 5.56 Å². The average molecular weight is 235 g/mol. The highest BCUT2D eigenvalue weighted by Gasteiger charge is 2.16. The Kier molecular flexibility index (Phi) is 2.49. The number of nitrogens with one attached hydrogen (secondary N) is 2. The molecule has 0 unspecified atom stereocenters. The van der Waals surface area contributed by atoms with Gasteiger partial charge in [-0.3, -0.25) is 4.79 Å². The van der Waals surface area contributed by atoms with Crippen molar-refractivity contribution < 1.29 is 0 Å². The first-order valence-corrected chi connectivity index (χ1v) is 6.41. The summed E-state index contributed by atoms with van der Waals surface area (Å²) in [5.74, 6) is 0.739. The van der Waals surface area contributed by atoms with Gasteiger partial charge in [0.15, 0.2) is 0 Å². The molecule has 0 radical (unpaired) electrons. The minimum Gasteiger partial charge on any atom is -0.308 e. The molecule has 0 spiro atoms. The van der Waals surface area contributed by atoms with Gasteiger partial charge in [-0.15, -0.1) is 11.3 Å². The maximum absolute atomic E-state index is 11.7. The summed E-state index contributed by atoms with van der Waals surface area (Å²) in [5, 5.41) is 5.29. The van der Waals surface area contributed by atoms with E-state index in [0.717, 1.165) is 11.3 Å². The molecule has 0 amide bonds. The highest BCUT2D eigenvalue weighted by Crippen LogP contribution is 2.18. The Morgan fingerprint density at radius 2 is 2.44 bits per heavy atom. The second-order valence-corrected chi connectivity index (χ2v) is 5.07. The highest BCUT2D eigenvalue weighted by atomic mass is 32.1. The summed E-state index contributed by atoms with van der Waals surface area (Å²) in [6.07, 6.45) is 3.79. The van der Waals surface area contributed by atoms with Gasteiger partial charge in [-0.1, -0.05) is 6.42 Å². The Morgan fingerprint density at radius 1 is 1.56 bits per heavy atom. The van der Waals surface area contributed by atoms with Crippen molar-refractivity contribution in [1.29, 1.82) is 0 Å². The number of thiophene rings is 1. The summed E-state index contributed by atoms with van der Waals surface area (Å²) >= 11 is 1.44. The van der Waals surface area contributed by atoms with Gasteiger partial charge in [0.25, 0.3) is 5.56 Å². The predicted molar refractivity (Wildman–Crippen MR) is 64.7 cm³/mol. The third kappa shape index (κ3) is 1.76. The maximum Gasteiger partial charge on any atom is 0.268 e. The highest BCUT2D eigenvalue weighted by molar-refractivity contribution is 7.17. The first-order valence-electron chi connectivity index (χ1n) is 5.53. The third-order valence-corrected chi connectivity index (χ3v) is 3.93. The van der Waals surface area contributed by atoms with E-state index in [4.69, 9.17) is 0 Å². The van der Waals surface area contributed by atoms with E-state index in [9.17, 15) is 4.79 Å². The molecule has 1 fully saturated rings. The summed E-state index contributed by atoms with van der Waals surface area (Å²) < 4.78 is 0.715. The first kappa shape index (κ1) is 9.99. The van der Waals surface area contributed by atoms with Crippen LogP contribution in [0.1, 0.15) is 25.1 Å². The number of H-pyrrole nitrogens is 1. The van der Waals surface area contributed by atoms with Gasteiger partial charge in [-0.25, -0.2) is 4.98 Å². The SMILES string of the molecule is O=c1[nH]c(CNC2CCC2)nc2ccsc12. The Balaban J connectivity index is 1.83. The zero-order chi connectivity index (χ0) is 11.0. The van der Waals surface area contributed by atoms with Gasteiger partial charge >= 0.3 is 0 Å². The van der Waals surface area contributed by atoms with Crippen molar-refractivity contribution in [1.82, 2.24) is 15.3 Å². The van der Waals surface area contributed by atoms with Crippen LogP contribution in [0.5, 0.6) is 0 Å². The molecule has 0 aliphatic heterocycles. The van der Waals surface area contributed by atoms with E-state index >= 15 is 0 Å². The molecule has 0 saturated heterocycles. The van der Waals surface area contributed by atoms with Crippen LogP contribution in [0.25, 0.3) is 10.2 Å². The number of rotatable bonds is 3. The number of hydrogen-bond donors (Lipinski definition) is 2. The molecule has 0 aromatic carbocycles. The molecule has 0 atom stereocenters. The van der Waals surface area contributed by atoms with E-state index in [1.165, 1.54) is 30.6 Å². The van der Waals surface area contributed by atoms with Crippen molar-refractivity contribution in [3.8, 4) is 0 Å². The van der Waals surface area contributed by atoms with Crippen LogP contribution in [-0.4, -0.2) is 16.0 Å². The van der Waals surface area contributed by atoms with Crippen molar-refractivity contribution >= 4 is 21.6 Å². The lowest BCUT2D eigenvalue weighted by Gasteiger charge is -2.26. The van der Waals surface area contributed by atoms with Gasteiger partial charge in [0.2, 0.25) is 0 Å². The lowest BCUT2D eigenvalue weighted by Crippen LogP contribution is -2.35. The Bertz CT molecular complexity index is 556. The normalized spacial score (nSPS) is 16.5. The Hall–Kier alpha value is -1.20. The third-order valence-electron chi connectivity index (χ3n) is 3.03. The second-order valence-electron chi connectivity index (χ2n) is 4.16. The van der Waals surface area contributed by atoms with Gasteiger partial charge in [0.05, 0.1) is 12.1 Å². The zero-order valence-corrected chi connectivity index (χ0v) is 9.64. The van der Waals surface area contributed by atoms with Crippen LogP contribution in [0.2, 0.25) is 0 Å². The molecule has 2 heterocycles. The summed E-state index contributed by atoms with van der Waals surface area (Å²) in [7, 11) is 0. The molecule has 1 aliphatic rings. The lowest BCUT2D eigenvalue weighted by molar-refractivity contribution is 0.335. The van der Waals surface area contributed by atoms with Gasteiger partial charge in [0.1, 0.15) is 10.5 Å². The van der Waals surface area contributed by atoms with Crippen LogP contribution >= 0.6 is 11.3 Å². The van der Waals surface area contributed by atoms with Crippen molar-refractivity contribution in [2.45, 2.75) is 31.8 Å². The lowest BCUT2D eigenvalue weighted by atomic mass is 9.93. The maximum atomic E-state index is 11.7. The minimum absolute atomic E-state index is 0.0228. The van der Waals surface area contributed by atoms with Gasteiger partial charge in [-0.05, 0) is 24.3 Å². The molecule has 84 valence electrons. The average Bonchev–Trinajstić information content (AvgIpc) is 2.63. The predicted octanol–water partition coefficient (Wildman–Crippen LogP) is 1.63. The fourth-order valence-electron chi connectivity index (χ4n) is 1.86. The van der Waals surface area contributed by atoms with Gasteiger partial charge in [-0.2, -0.15) is 0 Å². The quantitative estimate of drug-likeness (QED) is 0.850. The molecule has 3 rings (SSSR count). The molecular weight excluding hydrogens is 222 g/mol. The van der Waals surface area contributed by atoms with Crippen LogP contribution in [-0.2, 0) is 6.54 Å². The van der Waals surface area contributed by atoms with Crippen molar-refractivity contribution in [3.63, 3.8) is 0 Å². The number of aromatic amines is 1. The van der Waals surface area contributed by atoms with Crippen LogP contribution in [0.3, 0.4) is 0 Å². The number of fused-ring (bicyclic) bond motifs is 1. The van der Waals surface area contributed by atoms with E-state index < -0.39 is 0 Å². The van der Waals surface area contributed by atoms with Crippen LogP contribution in [0.4, 0.5) is 0 Å². The number of hydrogen-bond acceptors (Lipinski definition) is 4. The molecule has 2 N–H and O–H groups in total. The molecule has 2 aromatic rings. The summed E-state index contributed by atoms with van der Waals surface area (Å²) in [4.78, 5) is 18.9.